The average molecular weight is 568 g/mol. The van der Waals surface area contributed by atoms with Crippen molar-refractivity contribution in [3.8, 4) is 22.4 Å². The number of nitrogens with zero attached hydrogens (tertiary/aromatic N) is 2. The fourth-order valence-electron chi connectivity index (χ4n) is 7.05. The van der Waals surface area contributed by atoms with Crippen LogP contribution >= 0.6 is 0 Å². The Hall–Kier alpha value is -3.10. The summed E-state index contributed by atoms with van der Waals surface area (Å²) in [5.74, 6) is 0.836. The lowest BCUT2D eigenvalue weighted by Gasteiger charge is -2.32. The lowest BCUT2D eigenvalue weighted by Crippen LogP contribution is -2.41. The standard InChI is InChI=1S/C34H42BN3O4/c1-32(2,3)40-31(39)38-14-8-9-27(38)30-36-19-26(37-30)24-15-20-10-12-22-17-25(35-41-33(4,5)34(6,7)42-35)18-23-13-11-21(16-24)28(20)29(22)23/h15-19,27H,8-14H2,1-7H3,(H,36,37). The van der Waals surface area contributed by atoms with Gasteiger partial charge in [-0.25, -0.2) is 9.78 Å². The van der Waals surface area contributed by atoms with E-state index in [1.54, 1.807) is 0 Å². The maximum atomic E-state index is 12.9. The molecule has 0 saturated carbocycles. The van der Waals surface area contributed by atoms with Gasteiger partial charge in [0.05, 0.1) is 29.1 Å². The van der Waals surface area contributed by atoms with Gasteiger partial charge in [-0.1, -0.05) is 12.1 Å². The van der Waals surface area contributed by atoms with Crippen LogP contribution in [0.2, 0.25) is 0 Å². The van der Waals surface area contributed by atoms with E-state index in [1.807, 2.05) is 31.9 Å². The molecule has 8 heteroatoms. The van der Waals surface area contributed by atoms with E-state index in [0.717, 1.165) is 55.5 Å². The third kappa shape index (κ3) is 4.58. The number of nitrogens with one attached hydrogen (secondary N) is 1. The molecule has 1 N–H and O–H groups in total. The minimum absolute atomic E-state index is 0.0859. The van der Waals surface area contributed by atoms with Crippen LogP contribution in [0.1, 0.15) is 95.4 Å². The van der Waals surface area contributed by atoms with E-state index in [0.29, 0.717) is 6.54 Å². The summed E-state index contributed by atoms with van der Waals surface area (Å²) < 4.78 is 18.5. The molecule has 42 heavy (non-hydrogen) atoms. The number of hydrogen-bond acceptors (Lipinski definition) is 5. The van der Waals surface area contributed by atoms with Crippen LogP contribution in [0, 0.1) is 0 Å². The van der Waals surface area contributed by atoms with Crippen LogP contribution in [-0.4, -0.2) is 51.4 Å². The Bertz CT molecular complexity index is 1520. The van der Waals surface area contributed by atoms with Crippen LogP contribution in [0.15, 0.2) is 30.5 Å². The van der Waals surface area contributed by atoms with Gasteiger partial charge in [-0.05, 0) is 138 Å². The van der Waals surface area contributed by atoms with Crippen molar-refractivity contribution >= 4 is 18.7 Å². The minimum atomic E-state index is -0.519. The molecular formula is C34H42BN3O4. The van der Waals surface area contributed by atoms with E-state index in [4.69, 9.17) is 19.0 Å². The molecule has 3 aromatic rings. The van der Waals surface area contributed by atoms with Crippen molar-refractivity contribution in [3.63, 3.8) is 0 Å². The molecule has 2 aromatic carbocycles. The molecule has 1 amide bonds. The molecule has 2 aliphatic carbocycles. The van der Waals surface area contributed by atoms with Gasteiger partial charge in [-0.2, -0.15) is 0 Å². The molecule has 0 bridgehead atoms. The summed E-state index contributed by atoms with van der Waals surface area (Å²) in [4.78, 5) is 23.0. The Kier molecular flexibility index (Phi) is 6.24. The highest BCUT2D eigenvalue weighted by Crippen LogP contribution is 2.45. The van der Waals surface area contributed by atoms with Gasteiger partial charge >= 0.3 is 13.2 Å². The quantitative estimate of drug-likeness (QED) is 0.376. The fourth-order valence-corrected chi connectivity index (χ4v) is 7.05. The van der Waals surface area contributed by atoms with E-state index in [1.165, 1.54) is 38.9 Å². The zero-order chi connectivity index (χ0) is 29.6. The molecule has 220 valence electrons. The van der Waals surface area contributed by atoms with Gasteiger partial charge in [0, 0.05) is 12.1 Å². The van der Waals surface area contributed by atoms with E-state index >= 15 is 0 Å². The summed E-state index contributed by atoms with van der Waals surface area (Å²) >= 11 is 0. The number of amides is 1. The van der Waals surface area contributed by atoms with E-state index < -0.39 is 5.60 Å². The van der Waals surface area contributed by atoms with Crippen molar-refractivity contribution in [2.75, 3.05) is 6.54 Å². The second-order valence-electron chi connectivity index (χ2n) is 14.5. The number of H-pyrrole nitrogens is 1. The van der Waals surface area contributed by atoms with E-state index in [9.17, 15) is 4.79 Å². The number of imidazole rings is 1. The van der Waals surface area contributed by atoms with Crippen molar-refractivity contribution in [2.24, 2.45) is 0 Å². The predicted molar refractivity (Wildman–Crippen MR) is 165 cm³/mol. The first-order valence-corrected chi connectivity index (χ1v) is 15.5. The largest absolute Gasteiger partial charge is 0.494 e. The molecule has 0 radical (unpaired) electrons. The monoisotopic (exact) mass is 567 g/mol. The van der Waals surface area contributed by atoms with Gasteiger partial charge < -0.3 is 19.0 Å². The summed E-state index contributed by atoms with van der Waals surface area (Å²) in [5, 5.41) is 0. The molecule has 7 nitrogen and oxygen atoms in total. The Morgan fingerprint density at radius 2 is 1.50 bits per heavy atom. The predicted octanol–water partition coefficient (Wildman–Crippen LogP) is 6.31. The second kappa shape index (κ2) is 9.45. The number of aromatic nitrogens is 2. The van der Waals surface area contributed by atoms with Crippen LogP contribution in [0.4, 0.5) is 4.79 Å². The third-order valence-corrected chi connectivity index (χ3v) is 9.83. The Morgan fingerprint density at radius 3 is 2.05 bits per heavy atom. The second-order valence-corrected chi connectivity index (χ2v) is 14.5. The smallest absolute Gasteiger partial charge is 0.444 e. The molecule has 3 heterocycles. The van der Waals surface area contributed by atoms with Crippen LogP contribution in [0.25, 0.3) is 22.4 Å². The molecule has 1 atom stereocenters. The number of aryl methyl sites for hydroxylation is 4. The van der Waals surface area contributed by atoms with Gasteiger partial charge in [0.1, 0.15) is 11.4 Å². The first-order chi connectivity index (χ1) is 19.8. The van der Waals surface area contributed by atoms with Crippen LogP contribution < -0.4 is 5.46 Å². The van der Waals surface area contributed by atoms with Gasteiger partial charge in [-0.3, -0.25) is 4.90 Å². The molecule has 1 aromatic heterocycles. The molecule has 7 rings (SSSR count). The van der Waals surface area contributed by atoms with Crippen molar-refractivity contribution in [1.29, 1.82) is 0 Å². The number of rotatable bonds is 3. The maximum Gasteiger partial charge on any atom is 0.494 e. The maximum absolute atomic E-state index is 12.9. The highest BCUT2D eigenvalue weighted by atomic mass is 16.7. The number of hydrogen-bond donors (Lipinski definition) is 1. The van der Waals surface area contributed by atoms with Gasteiger partial charge in [-0.15, -0.1) is 0 Å². The molecular weight excluding hydrogens is 525 g/mol. The zero-order valence-corrected chi connectivity index (χ0v) is 26.0. The summed E-state index contributed by atoms with van der Waals surface area (Å²) in [7, 11) is -0.331. The Balaban J connectivity index is 1.18. The first kappa shape index (κ1) is 27.7. The van der Waals surface area contributed by atoms with Gasteiger partial charge in [0.15, 0.2) is 0 Å². The lowest BCUT2D eigenvalue weighted by atomic mass is 9.69. The number of ether oxygens (including phenoxy) is 1. The minimum Gasteiger partial charge on any atom is -0.444 e. The van der Waals surface area contributed by atoms with E-state index in [-0.39, 0.29) is 30.5 Å². The summed E-state index contributed by atoms with van der Waals surface area (Å²) in [6, 6.07) is 9.25. The molecule has 2 aliphatic heterocycles. The topological polar surface area (TPSA) is 76.7 Å². The third-order valence-electron chi connectivity index (χ3n) is 9.83. The highest BCUT2D eigenvalue weighted by Gasteiger charge is 2.52. The molecule has 0 spiro atoms. The normalized spacial score (nSPS) is 21.9. The average Bonchev–Trinajstić information content (AvgIpc) is 3.63. The molecule has 1 unspecified atom stereocenters. The van der Waals surface area contributed by atoms with Gasteiger partial charge in [0.2, 0.25) is 0 Å². The summed E-state index contributed by atoms with van der Waals surface area (Å²) in [6.45, 7) is 14.9. The Labute approximate surface area is 249 Å². The van der Waals surface area contributed by atoms with Crippen molar-refractivity contribution in [1.82, 2.24) is 14.9 Å². The zero-order valence-electron chi connectivity index (χ0n) is 26.0. The number of aromatic amines is 1. The highest BCUT2D eigenvalue weighted by molar-refractivity contribution is 6.62. The lowest BCUT2D eigenvalue weighted by molar-refractivity contribution is 0.00578. The van der Waals surface area contributed by atoms with Crippen LogP contribution in [0.5, 0.6) is 0 Å². The van der Waals surface area contributed by atoms with Crippen LogP contribution in [0.3, 0.4) is 0 Å². The van der Waals surface area contributed by atoms with Crippen molar-refractivity contribution < 1.29 is 18.8 Å². The number of likely N-dealkylation sites (tertiary alicyclic amines) is 1. The summed E-state index contributed by atoms with van der Waals surface area (Å²) in [5.41, 5.74) is 10.6. The Morgan fingerprint density at radius 1 is 0.952 bits per heavy atom. The number of carbonyl (C=O) groups excluding carboxylic acids is 1. The van der Waals surface area contributed by atoms with E-state index in [2.05, 4.69) is 56.9 Å². The van der Waals surface area contributed by atoms with Gasteiger partial charge in [0.25, 0.3) is 0 Å². The number of benzene rings is 2. The SMILES string of the molecule is CC(C)(C)OC(=O)N1CCCC1c1ncc(-c2cc3c4c(c2)CCc2cc(B5OC(C)(C)C(C)(C)O5)cc(c2-4)CC3)[nH]1. The number of carbonyl (C=O) groups is 1. The fraction of sp³-hybridized carbons (Fsp3) is 0.529. The van der Waals surface area contributed by atoms with Crippen molar-refractivity contribution in [2.45, 2.75) is 110 Å². The molecule has 2 fully saturated rings. The van der Waals surface area contributed by atoms with Crippen LogP contribution in [-0.2, 0) is 39.7 Å². The van der Waals surface area contributed by atoms with Crippen molar-refractivity contribution in [3.05, 3.63) is 58.5 Å². The molecule has 4 aliphatic rings. The summed E-state index contributed by atoms with van der Waals surface area (Å²) in [6.07, 6.45) is 7.52. The first-order valence-electron chi connectivity index (χ1n) is 15.5. The molecule has 2 saturated heterocycles.